The summed E-state index contributed by atoms with van der Waals surface area (Å²) in [7, 11) is 0. The Labute approximate surface area is 89.3 Å². The molecule has 0 unspecified atom stereocenters. The standard InChI is InChI=1S/C11H15ClFN/c1-9-7-11(13)4-3-10(9)8-14-6-2-5-12/h3-4,7,14H,2,5-6,8H2,1H3. The maximum atomic E-state index is 12.8. The van der Waals surface area contributed by atoms with Gasteiger partial charge in [-0.2, -0.15) is 0 Å². The molecule has 1 aromatic carbocycles. The first kappa shape index (κ1) is 11.5. The van der Waals surface area contributed by atoms with E-state index in [1.54, 1.807) is 6.07 Å². The Balaban J connectivity index is 2.42. The van der Waals surface area contributed by atoms with E-state index >= 15 is 0 Å². The van der Waals surface area contributed by atoms with Gasteiger partial charge in [-0.3, -0.25) is 0 Å². The largest absolute Gasteiger partial charge is 0.313 e. The molecular weight excluding hydrogens is 201 g/mol. The van der Waals surface area contributed by atoms with Crippen LogP contribution in [0.15, 0.2) is 18.2 Å². The van der Waals surface area contributed by atoms with Gasteiger partial charge in [0.05, 0.1) is 0 Å². The Morgan fingerprint density at radius 1 is 1.43 bits per heavy atom. The number of benzene rings is 1. The lowest BCUT2D eigenvalue weighted by Crippen LogP contribution is -2.15. The minimum atomic E-state index is -0.174. The summed E-state index contributed by atoms with van der Waals surface area (Å²) >= 11 is 5.55. The molecule has 1 N–H and O–H groups in total. The van der Waals surface area contributed by atoms with Crippen molar-refractivity contribution in [3.8, 4) is 0 Å². The molecule has 0 aliphatic carbocycles. The number of halogens is 2. The zero-order chi connectivity index (χ0) is 10.4. The van der Waals surface area contributed by atoms with Crippen LogP contribution >= 0.6 is 11.6 Å². The number of rotatable bonds is 5. The van der Waals surface area contributed by atoms with Crippen LogP contribution < -0.4 is 5.32 Å². The van der Waals surface area contributed by atoms with E-state index in [1.165, 1.54) is 6.07 Å². The molecule has 1 aromatic rings. The van der Waals surface area contributed by atoms with Gasteiger partial charge in [-0.1, -0.05) is 6.07 Å². The maximum absolute atomic E-state index is 12.8. The quantitative estimate of drug-likeness (QED) is 0.589. The van der Waals surface area contributed by atoms with Crippen molar-refractivity contribution in [1.29, 1.82) is 0 Å². The predicted molar refractivity (Wildman–Crippen MR) is 58.2 cm³/mol. The van der Waals surface area contributed by atoms with Gasteiger partial charge < -0.3 is 5.32 Å². The van der Waals surface area contributed by atoms with Gasteiger partial charge in [0.15, 0.2) is 0 Å². The van der Waals surface area contributed by atoms with Crippen molar-refractivity contribution < 1.29 is 4.39 Å². The zero-order valence-corrected chi connectivity index (χ0v) is 9.07. The molecule has 0 bridgehead atoms. The van der Waals surface area contributed by atoms with Gasteiger partial charge in [0.1, 0.15) is 5.82 Å². The molecule has 0 radical (unpaired) electrons. The van der Waals surface area contributed by atoms with Gasteiger partial charge in [0, 0.05) is 12.4 Å². The zero-order valence-electron chi connectivity index (χ0n) is 8.32. The fourth-order valence-electron chi connectivity index (χ4n) is 1.27. The third-order valence-corrected chi connectivity index (χ3v) is 2.37. The van der Waals surface area contributed by atoms with E-state index < -0.39 is 0 Å². The van der Waals surface area contributed by atoms with Crippen LogP contribution in [0, 0.1) is 12.7 Å². The topological polar surface area (TPSA) is 12.0 Å². The van der Waals surface area contributed by atoms with Crippen LogP contribution in [0.4, 0.5) is 4.39 Å². The first-order valence-electron chi connectivity index (χ1n) is 4.75. The summed E-state index contributed by atoms with van der Waals surface area (Å²) in [6.07, 6.45) is 0.960. The van der Waals surface area contributed by atoms with Crippen molar-refractivity contribution in [2.24, 2.45) is 0 Å². The SMILES string of the molecule is Cc1cc(F)ccc1CNCCCCl. The number of hydrogen-bond acceptors (Lipinski definition) is 1. The van der Waals surface area contributed by atoms with E-state index in [1.807, 2.05) is 13.0 Å². The average Bonchev–Trinajstić information content (AvgIpc) is 2.15. The van der Waals surface area contributed by atoms with Crippen LogP contribution in [0.25, 0.3) is 0 Å². The second-order valence-corrected chi connectivity index (χ2v) is 3.67. The van der Waals surface area contributed by atoms with Gasteiger partial charge in [-0.15, -0.1) is 11.6 Å². The molecular formula is C11H15ClFN. The number of hydrogen-bond donors (Lipinski definition) is 1. The van der Waals surface area contributed by atoms with E-state index in [9.17, 15) is 4.39 Å². The average molecular weight is 216 g/mol. The molecule has 3 heteroatoms. The van der Waals surface area contributed by atoms with Crippen molar-refractivity contribution in [3.05, 3.63) is 35.1 Å². The van der Waals surface area contributed by atoms with Crippen LogP contribution in [0.2, 0.25) is 0 Å². The summed E-state index contributed by atoms with van der Waals surface area (Å²) < 4.78 is 12.8. The highest BCUT2D eigenvalue weighted by Crippen LogP contribution is 2.09. The van der Waals surface area contributed by atoms with Crippen molar-refractivity contribution in [2.45, 2.75) is 19.9 Å². The van der Waals surface area contributed by atoms with E-state index in [0.717, 1.165) is 30.6 Å². The molecule has 0 saturated heterocycles. The van der Waals surface area contributed by atoms with E-state index in [-0.39, 0.29) is 5.82 Å². The molecule has 78 valence electrons. The molecule has 0 amide bonds. The Bertz CT molecular complexity index is 289. The van der Waals surface area contributed by atoms with Gasteiger partial charge in [0.25, 0.3) is 0 Å². The first-order chi connectivity index (χ1) is 6.74. The normalized spacial score (nSPS) is 10.5. The Morgan fingerprint density at radius 3 is 2.86 bits per heavy atom. The molecule has 1 rings (SSSR count). The molecule has 0 atom stereocenters. The van der Waals surface area contributed by atoms with Crippen LogP contribution in [-0.4, -0.2) is 12.4 Å². The highest BCUT2D eigenvalue weighted by molar-refractivity contribution is 6.17. The van der Waals surface area contributed by atoms with E-state index in [2.05, 4.69) is 5.32 Å². The molecule has 0 aliphatic heterocycles. The predicted octanol–water partition coefficient (Wildman–Crippen LogP) is 2.85. The molecule has 1 nitrogen and oxygen atoms in total. The van der Waals surface area contributed by atoms with Crippen molar-refractivity contribution in [2.75, 3.05) is 12.4 Å². The minimum Gasteiger partial charge on any atom is -0.313 e. The second kappa shape index (κ2) is 5.99. The van der Waals surface area contributed by atoms with Gasteiger partial charge in [-0.25, -0.2) is 4.39 Å². The van der Waals surface area contributed by atoms with Crippen molar-refractivity contribution in [1.82, 2.24) is 5.32 Å². The summed E-state index contributed by atoms with van der Waals surface area (Å²) in [6, 6.07) is 4.86. The Kier molecular flexibility index (Phi) is 4.91. The smallest absolute Gasteiger partial charge is 0.123 e. The highest BCUT2D eigenvalue weighted by atomic mass is 35.5. The van der Waals surface area contributed by atoms with Crippen LogP contribution in [0.5, 0.6) is 0 Å². The highest BCUT2D eigenvalue weighted by Gasteiger charge is 1.98. The number of nitrogens with one attached hydrogen (secondary N) is 1. The maximum Gasteiger partial charge on any atom is 0.123 e. The van der Waals surface area contributed by atoms with Gasteiger partial charge >= 0.3 is 0 Å². The minimum absolute atomic E-state index is 0.174. The summed E-state index contributed by atoms with van der Waals surface area (Å²) in [5.74, 6) is 0.502. The monoisotopic (exact) mass is 215 g/mol. The van der Waals surface area contributed by atoms with Crippen LogP contribution in [0.1, 0.15) is 17.5 Å². The Morgan fingerprint density at radius 2 is 2.21 bits per heavy atom. The summed E-state index contributed by atoms with van der Waals surface area (Å²) in [5.41, 5.74) is 2.13. The molecule has 0 spiro atoms. The number of alkyl halides is 1. The van der Waals surface area contributed by atoms with Crippen LogP contribution in [-0.2, 0) is 6.54 Å². The van der Waals surface area contributed by atoms with Gasteiger partial charge in [-0.05, 0) is 43.1 Å². The lowest BCUT2D eigenvalue weighted by molar-refractivity contribution is 0.622. The third kappa shape index (κ3) is 3.64. The summed E-state index contributed by atoms with van der Waals surface area (Å²) in [4.78, 5) is 0. The fourth-order valence-corrected chi connectivity index (χ4v) is 1.41. The lowest BCUT2D eigenvalue weighted by atomic mass is 10.1. The molecule has 0 saturated carbocycles. The second-order valence-electron chi connectivity index (χ2n) is 3.29. The number of aryl methyl sites for hydroxylation is 1. The molecule has 0 aliphatic rings. The molecule has 14 heavy (non-hydrogen) atoms. The van der Waals surface area contributed by atoms with Crippen molar-refractivity contribution in [3.63, 3.8) is 0 Å². The molecule has 0 heterocycles. The summed E-state index contributed by atoms with van der Waals surface area (Å²) in [6.45, 7) is 3.60. The van der Waals surface area contributed by atoms with E-state index in [0.29, 0.717) is 5.88 Å². The van der Waals surface area contributed by atoms with Gasteiger partial charge in [0.2, 0.25) is 0 Å². The fraction of sp³-hybridized carbons (Fsp3) is 0.455. The lowest BCUT2D eigenvalue weighted by Gasteiger charge is -2.06. The third-order valence-electron chi connectivity index (χ3n) is 2.11. The molecule has 0 aromatic heterocycles. The molecule has 0 fully saturated rings. The van der Waals surface area contributed by atoms with Crippen LogP contribution in [0.3, 0.4) is 0 Å². The summed E-state index contributed by atoms with van der Waals surface area (Å²) in [5, 5.41) is 3.26. The van der Waals surface area contributed by atoms with E-state index in [4.69, 9.17) is 11.6 Å². The van der Waals surface area contributed by atoms with Crippen molar-refractivity contribution >= 4 is 11.6 Å². The first-order valence-corrected chi connectivity index (χ1v) is 5.29. The Hall–Kier alpha value is -0.600.